The number of thiophene rings is 1. The monoisotopic (exact) mass is 295 g/mol. The molecular formula is C14H14ClNO2S. The maximum Gasteiger partial charge on any atom is 0.265 e. The first-order chi connectivity index (χ1) is 9.19. The molecule has 1 amide bonds. The number of benzene rings is 1. The molecule has 1 heterocycles. The van der Waals surface area contributed by atoms with Crippen LogP contribution in [0.1, 0.15) is 21.7 Å². The summed E-state index contributed by atoms with van der Waals surface area (Å²) in [5, 5.41) is 11.7. The Morgan fingerprint density at radius 1 is 1.32 bits per heavy atom. The zero-order valence-electron chi connectivity index (χ0n) is 10.2. The van der Waals surface area contributed by atoms with Gasteiger partial charge in [0.25, 0.3) is 5.91 Å². The van der Waals surface area contributed by atoms with Crippen molar-refractivity contribution in [1.29, 1.82) is 0 Å². The maximum absolute atomic E-state index is 12.0. The number of aliphatic hydroxyl groups is 1. The van der Waals surface area contributed by atoms with Gasteiger partial charge in [-0.05, 0) is 42.7 Å². The van der Waals surface area contributed by atoms with E-state index in [1.54, 1.807) is 12.1 Å². The van der Waals surface area contributed by atoms with Crippen LogP contribution in [0.15, 0.2) is 36.4 Å². The van der Waals surface area contributed by atoms with Gasteiger partial charge in [0.15, 0.2) is 0 Å². The molecule has 2 N–H and O–H groups in total. The van der Waals surface area contributed by atoms with E-state index in [-0.39, 0.29) is 12.5 Å². The number of aryl methyl sites for hydroxylation is 1. The number of hydrogen-bond donors (Lipinski definition) is 2. The number of nitrogens with one attached hydrogen (secondary N) is 1. The van der Waals surface area contributed by atoms with E-state index in [2.05, 4.69) is 5.32 Å². The zero-order chi connectivity index (χ0) is 13.7. The molecule has 1 aromatic heterocycles. The molecule has 0 radical (unpaired) electrons. The summed E-state index contributed by atoms with van der Waals surface area (Å²) in [5.41, 5.74) is 1.85. The number of amides is 1. The lowest BCUT2D eigenvalue weighted by Crippen LogP contribution is -2.10. The zero-order valence-corrected chi connectivity index (χ0v) is 11.8. The molecule has 0 aliphatic rings. The third-order valence-electron chi connectivity index (χ3n) is 2.61. The Bertz CT molecular complexity index is 568. The average Bonchev–Trinajstić information content (AvgIpc) is 2.83. The number of carbonyl (C=O) groups excluding carboxylic acids is 1. The summed E-state index contributed by atoms with van der Waals surface area (Å²) in [6, 6.07) is 11.0. The van der Waals surface area contributed by atoms with Gasteiger partial charge in [0.1, 0.15) is 0 Å². The SMILES string of the molecule is O=C(Nc1cccc(CCCO)c1)c1ccc(Cl)s1. The molecule has 0 fully saturated rings. The highest BCUT2D eigenvalue weighted by molar-refractivity contribution is 7.18. The fraction of sp³-hybridized carbons (Fsp3) is 0.214. The maximum atomic E-state index is 12.0. The predicted octanol–water partition coefficient (Wildman–Crippen LogP) is 3.58. The first-order valence-corrected chi connectivity index (χ1v) is 7.15. The summed E-state index contributed by atoms with van der Waals surface area (Å²) in [6.45, 7) is 0.171. The van der Waals surface area contributed by atoms with Crippen LogP contribution < -0.4 is 5.32 Å². The highest BCUT2D eigenvalue weighted by Crippen LogP contribution is 2.22. The molecule has 0 aliphatic heterocycles. The summed E-state index contributed by atoms with van der Waals surface area (Å²) in [6.07, 6.45) is 1.52. The largest absolute Gasteiger partial charge is 0.396 e. The van der Waals surface area contributed by atoms with Crippen LogP contribution in [-0.4, -0.2) is 17.6 Å². The molecule has 0 saturated carbocycles. The van der Waals surface area contributed by atoms with Crippen LogP contribution in [0, 0.1) is 0 Å². The minimum absolute atomic E-state index is 0.156. The van der Waals surface area contributed by atoms with Crippen molar-refractivity contribution in [3.05, 3.63) is 51.2 Å². The smallest absolute Gasteiger partial charge is 0.265 e. The normalized spacial score (nSPS) is 10.4. The lowest BCUT2D eigenvalue weighted by molar-refractivity contribution is 0.103. The van der Waals surface area contributed by atoms with Crippen molar-refractivity contribution >= 4 is 34.5 Å². The number of hydrogen-bond acceptors (Lipinski definition) is 3. The quantitative estimate of drug-likeness (QED) is 0.886. The van der Waals surface area contributed by atoms with Crippen molar-refractivity contribution in [3.63, 3.8) is 0 Å². The Kier molecular flexibility index (Phi) is 4.96. The molecule has 0 spiro atoms. The fourth-order valence-corrected chi connectivity index (χ4v) is 2.66. The Hall–Kier alpha value is -1.36. The Morgan fingerprint density at radius 3 is 2.84 bits per heavy atom. The summed E-state index contributed by atoms with van der Waals surface area (Å²) in [5.74, 6) is -0.156. The highest BCUT2D eigenvalue weighted by atomic mass is 35.5. The van der Waals surface area contributed by atoms with Crippen molar-refractivity contribution in [1.82, 2.24) is 0 Å². The molecule has 0 saturated heterocycles. The molecular weight excluding hydrogens is 282 g/mol. The van der Waals surface area contributed by atoms with Gasteiger partial charge in [0.2, 0.25) is 0 Å². The van der Waals surface area contributed by atoms with Gasteiger partial charge in [-0.15, -0.1) is 11.3 Å². The lowest BCUT2D eigenvalue weighted by atomic mass is 10.1. The van der Waals surface area contributed by atoms with E-state index in [0.717, 1.165) is 24.1 Å². The number of halogens is 1. The second-order valence-corrected chi connectivity index (χ2v) is 5.80. The summed E-state index contributed by atoms with van der Waals surface area (Å²) < 4.78 is 0.599. The lowest BCUT2D eigenvalue weighted by Gasteiger charge is -2.06. The number of rotatable bonds is 5. The standard InChI is InChI=1S/C14H14ClNO2S/c15-13-7-6-12(19-13)14(18)16-11-5-1-3-10(9-11)4-2-8-17/h1,3,5-7,9,17H,2,4,8H2,(H,16,18). The van der Waals surface area contributed by atoms with Crippen LogP contribution in [0.4, 0.5) is 5.69 Å². The fourth-order valence-electron chi connectivity index (χ4n) is 1.72. The van der Waals surface area contributed by atoms with E-state index in [9.17, 15) is 4.79 Å². The van der Waals surface area contributed by atoms with E-state index < -0.39 is 0 Å². The van der Waals surface area contributed by atoms with Crippen LogP contribution >= 0.6 is 22.9 Å². The third-order valence-corrected chi connectivity index (χ3v) is 3.84. The molecule has 100 valence electrons. The van der Waals surface area contributed by atoms with E-state index in [0.29, 0.717) is 9.21 Å². The van der Waals surface area contributed by atoms with Gasteiger partial charge < -0.3 is 10.4 Å². The molecule has 0 aliphatic carbocycles. The van der Waals surface area contributed by atoms with Crippen LogP contribution in [0.25, 0.3) is 0 Å². The van der Waals surface area contributed by atoms with Gasteiger partial charge in [-0.25, -0.2) is 0 Å². The van der Waals surface area contributed by atoms with Gasteiger partial charge in [0.05, 0.1) is 9.21 Å². The Balaban J connectivity index is 2.04. The molecule has 2 rings (SSSR count). The van der Waals surface area contributed by atoms with E-state index in [1.165, 1.54) is 11.3 Å². The minimum Gasteiger partial charge on any atom is -0.396 e. The molecule has 1 aromatic carbocycles. The summed E-state index contributed by atoms with van der Waals surface area (Å²) in [4.78, 5) is 12.5. The Morgan fingerprint density at radius 2 is 2.16 bits per heavy atom. The number of carbonyl (C=O) groups is 1. The summed E-state index contributed by atoms with van der Waals surface area (Å²) >= 11 is 7.06. The molecule has 5 heteroatoms. The molecule has 0 bridgehead atoms. The van der Waals surface area contributed by atoms with E-state index in [1.807, 2.05) is 24.3 Å². The van der Waals surface area contributed by atoms with Gasteiger partial charge >= 0.3 is 0 Å². The molecule has 3 nitrogen and oxygen atoms in total. The molecule has 0 atom stereocenters. The number of anilines is 1. The van der Waals surface area contributed by atoms with Crippen molar-refractivity contribution in [2.24, 2.45) is 0 Å². The van der Waals surface area contributed by atoms with Crippen molar-refractivity contribution in [2.45, 2.75) is 12.8 Å². The van der Waals surface area contributed by atoms with Crippen LogP contribution in [-0.2, 0) is 6.42 Å². The van der Waals surface area contributed by atoms with Gasteiger partial charge in [-0.1, -0.05) is 23.7 Å². The van der Waals surface area contributed by atoms with Crippen molar-refractivity contribution < 1.29 is 9.90 Å². The van der Waals surface area contributed by atoms with Crippen molar-refractivity contribution in [3.8, 4) is 0 Å². The second-order valence-electron chi connectivity index (χ2n) is 4.09. The topological polar surface area (TPSA) is 49.3 Å². The third kappa shape index (κ3) is 4.06. The second kappa shape index (κ2) is 6.70. The Labute approximate surface area is 120 Å². The van der Waals surface area contributed by atoms with Gasteiger partial charge in [0, 0.05) is 12.3 Å². The molecule has 0 unspecified atom stereocenters. The van der Waals surface area contributed by atoms with Crippen LogP contribution in [0.2, 0.25) is 4.34 Å². The average molecular weight is 296 g/mol. The molecule has 19 heavy (non-hydrogen) atoms. The first-order valence-electron chi connectivity index (χ1n) is 5.95. The van der Waals surface area contributed by atoms with E-state index >= 15 is 0 Å². The van der Waals surface area contributed by atoms with E-state index in [4.69, 9.17) is 16.7 Å². The highest BCUT2D eigenvalue weighted by Gasteiger charge is 2.09. The van der Waals surface area contributed by atoms with Crippen LogP contribution in [0.5, 0.6) is 0 Å². The predicted molar refractivity (Wildman–Crippen MR) is 79.1 cm³/mol. The first kappa shape index (κ1) is 14.1. The van der Waals surface area contributed by atoms with Crippen molar-refractivity contribution in [2.75, 3.05) is 11.9 Å². The van der Waals surface area contributed by atoms with Crippen LogP contribution in [0.3, 0.4) is 0 Å². The van der Waals surface area contributed by atoms with Gasteiger partial charge in [-0.3, -0.25) is 4.79 Å². The summed E-state index contributed by atoms with van der Waals surface area (Å²) in [7, 11) is 0. The number of aliphatic hydroxyl groups excluding tert-OH is 1. The van der Waals surface area contributed by atoms with Gasteiger partial charge in [-0.2, -0.15) is 0 Å². The minimum atomic E-state index is -0.156. The molecule has 2 aromatic rings.